The standard InChI is InChI=1S/C14H11BrFNO3/c1-9-4-2-7-12(17(18)19)14(9)20-8-10-5-3-6-11(16)13(10)15/h2-7H,8H2,1H3. The lowest BCUT2D eigenvalue weighted by Gasteiger charge is -2.10. The number of nitro benzene ring substituents is 1. The smallest absolute Gasteiger partial charge is 0.311 e. The molecule has 2 rings (SSSR count). The van der Waals surface area contributed by atoms with Crippen LogP contribution in [0.5, 0.6) is 5.75 Å². The molecule has 0 bridgehead atoms. The topological polar surface area (TPSA) is 52.4 Å². The molecular weight excluding hydrogens is 329 g/mol. The highest BCUT2D eigenvalue weighted by Crippen LogP contribution is 2.31. The molecule has 0 atom stereocenters. The van der Waals surface area contributed by atoms with Crippen LogP contribution in [0, 0.1) is 22.9 Å². The van der Waals surface area contributed by atoms with E-state index in [0.717, 1.165) is 0 Å². The Morgan fingerprint density at radius 3 is 2.70 bits per heavy atom. The number of benzene rings is 2. The minimum absolute atomic E-state index is 0.0457. The largest absolute Gasteiger partial charge is 0.482 e. The third kappa shape index (κ3) is 2.96. The number of ether oxygens (including phenoxy) is 1. The fraction of sp³-hybridized carbons (Fsp3) is 0.143. The van der Waals surface area contributed by atoms with Crippen LogP contribution in [0.4, 0.5) is 10.1 Å². The van der Waals surface area contributed by atoms with E-state index in [4.69, 9.17) is 4.74 Å². The first-order chi connectivity index (χ1) is 9.50. The summed E-state index contributed by atoms with van der Waals surface area (Å²) < 4.78 is 19.2. The van der Waals surface area contributed by atoms with E-state index in [1.807, 2.05) is 0 Å². The molecular formula is C14H11BrFNO3. The molecule has 0 spiro atoms. The van der Waals surface area contributed by atoms with Crippen LogP contribution < -0.4 is 4.74 Å². The summed E-state index contributed by atoms with van der Waals surface area (Å²) in [5.41, 5.74) is 1.15. The normalized spacial score (nSPS) is 10.3. The lowest BCUT2D eigenvalue weighted by atomic mass is 10.2. The number of halogens is 2. The van der Waals surface area contributed by atoms with Gasteiger partial charge in [0, 0.05) is 11.6 Å². The molecule has 6 heteroatoms. The molecule has 4 nitrogen and oxygen atoms in total. The maximum Gasteiger partial charge on any atom is 0.311 e. The summed E-state index contributed by atoms with van der Waals surface area (Å²) in [6, 6.07) is 9.27. The minimum Gasteiger partial charge on any atom is -0.482 e. The first-order valence-corrected chi connectivity index (χ1v) is 6.59. The van der Waals surface area contributed by atoms with Gasteiger partial charge < -0.3 is 4.74 Å². The highest BCUT2D eigenvalue weighted by molar-refractivity contribution is 9.10. The molecule has 0 heterocycles. The van der Waals surface area contributed by atoms with Gasteiger partial charge in [0.05, 0.1) is 9.40 Å². The van der Waals surface area contributed by atoms with E-state index in [0.29, 0.717) is 15.6 Å². The van der Waals surface area contributed by atoms with Gasteiger partial charge in [-0.1, -0.05) is 24.3 Å². The molecule has 2 aromatic carbocycles. The van der Waals surface area contributed by atoms with Gasteiger partial charge in [-0.2, -0.15) is 0 Å². The predicted molar refractivity (Wildman–Crippen MR) is 76.3 cm³/mol. The van der Waals surface area contributed by atoms with Gasteiger partial charge in [0.1, 0.15) is 12.4 Å². The number of rotatable bonds is 4. The Kier molecular flexibility index (Phi) is 4.34. The molecule has 20 heavy (non-hydrogen) atoms. The molecule has 0 amide bonds. The zero-order valence-corrected chi connectivity index (χ0v) is 12.2. The van der Waals surface area contributed by atoms with Crippen LogP contribution in [0.1, 0.15) is 11.1 Å². The maximum absolute atomic E-state index is 13.4. The number of nitro groups is 1. The van der Waals surface area contributed by atoms with E-state index in [9.17, 15) is 14.5 Å². The van der Waals surface area contributed by atoms with Crippen molar-refractivity contribution >= 4 is 21.6 Å². The lowest BCUT2D eigenvalue weighted by Crippen LogP contribution is -2.02. The van der Waals surface area contributed by atoms with Crippen molar-refractivity contribution in [1.82, 2.24) is 0 Å². The van der Waals surface area contributed by atoms with E-state index < -0.39 is 10.7 Å². The van der Waals surface area contributed by atoms with E-state index in [1.54, 1.807) is 31.2 Å². The summed E-state index contributed by atoms with van der Waals surface area (Å²) >= 11 is 3.13. The van der Waals surface area contributed by atoms with E-state index in [2.05, 4.69) is 15.9 Å². The summed E-state index contributed by atoms with van der Waals surface area (Å²) in [4.78, 5) is 10.5. The van der Waals surface area contributed by atoms with Gasteiger partial charge in [0.15, 0.2) is 5.75 Å². The minimum atomic E-state index is -0.497. The van der Waals surface area contributed by atoms with Crippen molar-refractivity contribution in [2.75, 3.05) is 0 Å². The summed E-state index contributed by atoms with van der Waals surface area (Å²) in [5.74, 6) is -0.195. The number of nitrogens with zero attached hydrogens (tertiary/aromatic N) is 1. The third-order valence-corrected chi connectivity index (χ3v) is 3.68. The monoisotopic (exact) mass is 339 g/mol. The molecule has 0 aliphatic rings. The molecule has 0 aliphatic carbocycles. The number of aryl methyl sites for hydroxylation is 1. The first kappa shape index (κ1) is 14.5. The summed E-state index contributed by atoms with van der Waals surface area (Å²) in [7, 11) is 0. The molecule has 0 aromatic heterocycles. The van der Waals surface area contributed by atoms with Crippen molar-refractivity contribution < 1.29 is 14.1 Å². The zero-order chi connectivity index (χ0) is 14.7. The molecule has 0 unspecified atom stereocenters. The summed E-state index contributed by atoms with van der Waals surface area (Å²) in [5, 5.41) is 11.0. The third-order valence-electron chi connectivity index (χ3n) is 2.79. The van der Waals surface area contributed by atoms with E-state index in [1.165, 1.54) is 12.1 Å². The van der Waals surface area contributed by atoms with Gasteiger partial charge in [-0.05, 0) is 34.5 Å². The second-order valence-corrected chi connectivity index (χ2v) is 4.97. The number of hydrogen-bond acceptors (Lipinski definition) is 3. The van der Waals surface area contributed by atoms with Crippen LogP contribution in [0.2, 0.25) is 0 Å². The highest BCUT2D eigenvalue weighted by Gasteiger charge is 2.17. The van der Waals surface area contributed by atoms with Crippen molar-refractivity contribution in [2.45, 2.75) is 13.5 Å². The lowest BCUT2D eigenvalue weighted by molar-refractivity contribution is -0.386. The van der Waals surface area contributed by atoms with E-state index >= 15 is 0 Å². The van der Waals surface area contributed by atoms with Crippen LogP contribution >= 0.6 is 15.9 Å². The SMILES string of the molecule is Cc1cccc([N+](=O)[O-])c1OCc1cccc(F)c1Br. The molecule has 0 aliphatic heterocycles. The van der Waals surface area contributed by atoms with Crippen LogP contribution in [0.15, 0.2) is 40.9 Å². The average Bonchev–Trinajstić information content (AvgIpc) is 2.41. The van der Waals surface area contributed by atoms with Gasteiger partial charge in [0.25, 0.3) is 0 Å². The maximum atomic E-state index is 13.4. The summed E-state index contributed by atoms with van der Waals surface area (Å²) in [6.07, 6.45) is 0. The summed E-state index contributed by atoms with van der Waals surface area (Å²) in [6.45, 7) is 1.77. The second kappa shape index (κ2) is 6.00. The molecule has 0 saturated heterocycles. The molecule has 0 N–H and O–H groups in total. The zero-order valence-electron chi connectivity index (χ0n) is 10.6. The van der Waals surface area contributed by atoms with Gasteiger partial charge >= 0.3 is 5.69 Å². The fourth-order valence-corrected chi connectivity index (χ4v) is 2.16. The molecule has 2 aromatic rings. The van der Waals surface area contributed by atoms with Gasteiger partial charge in [-0.15, -0.1) is 0 Å². The molecule has 0 fully saturated rings. The first-order valence-electron chi connectivity index (χ1n) is 5.80. The van der Waals surface area contributed by atoms with Gasteiger partial charge in [-0.25, -0.2) is 4.39 Å². The predicted octanol–water partition coefficient (Wildman–Crippen LogP) is 4.38. The number of hydrogen-bond donors (Lipinski definition) is 0. The number of para-hydroxylation sites is 1. The van der Waals surface area contributed by atoms with Gasteiger partial charge in [-0.3, -0.25) is 10.1 Å². The quantitative estimate of drug-likeness (QED) is 0.613. The molecule has 0 radical (unpaired) electrons. The Morgan fingerprint density at radius 1 is 1.30 bits per heavy atom. The Labute approximate surface area is 123 Å². The van der Waals surface area contributed by atoms with Crippen LogP contribution in [0.25, 0.3) is 0 Å². The van der Waals surface area contributed by atoms with Gasteiger partial charge in [0.2, 0.25) is 0 Å². The van der Waals surface area contributed by atoms with Crippen LogP contribution in [0.3, 0.4) is 0 Å². The Morgan fingerprint density at radius 2 is 2.00 bits per heavy atom. The Bertz CT molecular complexity index is 661. The van der Waals surface area contributed by atoms with Crippen LogP contribution in [-0.2, 0) is 6.61 Å². The van der Waals surface area contributed by atoms with Crippen molar-refractivity contribution in [3.05, 3.63) is 67.9 Å². The van der Waals surface area contributed by atoms with Crippen molar-refractivity contribution in [3.8, 4) is 5.75 Å². The highest BCUT2D eigenvalue weighted by atomic mass is 79.9. The van der Waals surface area contributed by atoms with Crippen molar-refractivity contribution in [1.29, 1.82) is 0 Å². The second-order valence-electron chi connectivity index (χ2n) is 4.18. The molecule has 0 saturated carbocycles. The van der Waals surface area contributed by atoms with Crippen molar-refractivity contribution in [3.63, 3.8) is 0 Å². The average molecular weight is 340 g/mol. The fourth-order valence-electron chi connectivity index (χ4n) is 1.78. The molecule has 104 valence electrons. The van der Waals surface area contributed by atoms with Crippen molar-refractivity contribution in [2.24, 2.45) is 0 Å². The Hall–Kier alpha value is -1.95. The van der Waals surface area contributed by atoms with E-state index in [-0.39, 0.29) is 18.0 Å². The van der Waals surface area contributed by atoms with Crippen LogP contribution in [-0.4, -0.2) is 4.92 Å². The Balaban J connectivity index is 2.27.